The fourth-order valence-corrected chi connectivity index (χ4v) is 5.27. The van der Waals surface area contributed by atoms with Crippen molar-refractivity contribution < 1.29 is 24.5 Å². The largest absolute Gasteiger partial charge is 0.469 e. The third-order valence-electron chi connectivity index (χ3n) is 7.19. The van der Waals surface area contributed by atoms with Crippen molar-refractivity contribution in [2.24, 2.45) is 17.3 Å². The van der Waals surface area contributed by atoms with Crippen LogP contribution in [0, 0.1) is 17.3 Å². The summed E-state index contributed by atoms with van der Waals surface area (Å²) < 4.78 is 4.62. The summed E-state index contributed by atoms with van der Waals surface area (Å²) in [6, 6.07) is 0. The van der Waals surface area contributed by atoms with Crippen molar-refractivity contribution >= 4 is 11.8 Å². The maximum absolute atomic E-state index is 12.3. The van der Waals surface area contributed by atoms with Gasteiger partial charge in [-0.3, -0.25) is 9.59 Å². The molecule has 0 aromatic heterocycles. The Hall–Kier alpha value is -1.20. The minimum absolute atomic E-state index is 0.00191. The Morgan fingerprint density at radius 1 is 1.31 bits per heavy atom. The molecule has 0 radical (unpaired) electrons. The summed E-state index contributed by atoms with van der Waals surface area (Å²) >= 11 is 0. The van der Waals surface area contributed by atoms with E-state index in [1.54, 1.807) is 0 Å². The number of methoxy groups -OCH3 is 1. The van der Waals surface area contributed by atoms with Crippen LogP contribution in [0.5, 0.6) is 0 Å². The summed E-state index contributed by atoms with van der Waals surface area (Å²) in [4.78, 5) is 23.4. The quantitative estimate of drug-likeness (QED) is 0.269. The minimum Gasteiger partial charge on any atom is -0.469 e. The second kappa shape index (κ2) is 11.8. The highest BCUT2D eigenvalue weighted by atomic mass is 16.5. The van der Waals surface area contributed by atoms with Crippen LogP contribution in [0.25, 0.3) is 0 Å². The van der Waals surface area contributed by atoms with Gasteiger partial charge in [0.05, 0.1) is 19.3 Å². The van der Waals surface area contributed by atoms with Gasteiger partial charge in [0.25, 0.3) is 0 Å². The normalized spacial score (nSPS) is 27.2. The van der Waals surface area contributed by atoms with E-state index in [1.165, 1.54) is 13.5 Å². The Bertz CT molecular complexity index is 551. The molecule has 1 unspecified atom stereocenters. The number of ketones is 1. The molecule has 29 heavy (non-hydrogen) atoms. The summed E-state index contributed by atoms with van der Waals surface area (Å²) in [7, 11) is 1.39. The predicted octanol–water partition coefficient (Wildman–Crippen LogP) is 4.34. The van der Waals surface area contributed by atoms with Crippen LogP contribution >= 0.6 is 0 Å². The van der Waals surface area contributed by atoms with Gasteiger partial charge in [0.15, 0.2) is 0 Å². The lowest BCUT2D eigenvalue weighted by Crippen LogP contribution is -2.41. The van der Waals surface area contributed by atoms with E-state index < -0.39 is 6.10 Å². The minimum atomic E-state index is -0.550. The predicted molar refractivity (Wildman–Crippen MR) is 113 cm³/mol. The van der Waals surface area contributed by atoms with Crippen LogP contribution in [0.1, 0.15) is 90.4 Å². The summed E-state index contributed by atoms with van der Waals surface area (Å²) in [5, 5.41) is 21.1. The molecular formula is C24H40O5. The Kier molecular flexibility index (Phi) is 9.84. The number of rotatable bonds is 13. The molecule has 0 bridgehead atoms. The van der Waals surface area contributed by atoms with Crippen molar-refractivity contribution in [2.45, 2.75) is 103 Å². The van der Waals surface area contributed by atoms with E-state index in [4.69, 9.17) is 0 Å². The van der Waals surface area contributed by atoms with Crippen LogP contribution < -0.4 is 0 Å². The lowest BCUT2D eigenvalue weighted by Gasteiger charge is -2.46. The monoisotopic (exact) mass is 408 g/mol. The number of Topliss-reactive ketones (excluding diaryl/α,β-unsaturated/α-hetero) is 1. The number of hydrogen-bond acceptors (Lipinski definition) is 5. The second-order valence-electron chi connectivity index (χ2n) is 9.10. The molecule has 2 saturated carbocycles. The van der Waals surface area contributed by atoms with Gasteiger partial charge in [-0.2, -0.15) is 0 Å². The van der Waals surface area contributed by atoms with Gasteiger partial charge >= 0.3 is 5.97 Å². The van der Waals surface area contributed by atoms with Gasteiger partial charge in [-0.05, 0) is 62.7 Å². The lowest BCUT2D eigenvalue weighted by atomic mass is 9.61. The maximum Gasteiger partial charge on any atom is 0.305 e. The van der Waals surface area contributed by atoms with Gasteiger partial charge < -0.3 is 14.9 Å². The molecule has 2 N–H and O–H groups in total. The molecule has 0 heterocycles. The molecule has 0 aromatic carbocycles. The van der Waals surface area contributed by atoms with E-state index in [0.29, 0.717) is 12.8 Å². The second-order valence-corrected chi connectivity index (χ2v) is 9.10. The zero-order valence-electron chi connectivity index (χ0n) is 18.3. The topological polar surface area (TPSA) is 83.8 Å². The molecule has 4 atom stereocenters. The fourth-order valence-electron chi connectivity index (χ4n) is 5.27. The average Bonchev–Trinajstić information content (AvgIpc) is 2.93. The van der Waals surface area contributed by atoms with Crippen molar-refractivity contribution in [1.82, 2.24) is 0 Å². The van der Waals surface area contributed by atoms with Crippen LogP contribution in [0.4, 0.5) is 0 Å². The molecule has 5 nitrogen and oxygen atoms in total. The molecule has 0 amide bonds. The Labute approximate surface area is 175 Å². The van der Waals surface area contributed by atoms with Gasteiger partial charge in [0, 0.05) is 18.8 Å². The van der Waals surface area contributed by atoms with Gasteiger partial charge in [-0.15, -0.1) is 0 Å². The zero-order valence-corrected chi connectivity index (χ0v) is 18.3. The van der Waals surface area contributed by atoms with Crippen LogP contribution in [-0.2, 0) is 14.3 Å². The van der Waals surface area contributed by atoms with E-state index in [1.807, 2.05) is 12.2 Å². The molecule has 0 spiro atoms. The number of allylic oxidation sites excluding steroid dienone is 2. The number of esters is 1. The molecule has 0 saturated heterocycles. The number of unbranched alkanes of at least 4 members (excludes halogenated alkanes) is 1. The Morgan fingerprint density at radius 2 is 2.07 bits per heavy atom. The van der Waals surface area contributed by atoms with Crippen molar-refractivity contribution in [2.75, 3.05) is 7.11 Å². The standard InChI is InChI=1S/C24H40O5/c1-3-14-24(15-9-16-24)22(27)12-8-11-19-18(20(25)17-21(19)26)10-6-4-5-7-13-23(28)29-2/h4,6,18-19,21-22,26-27H,3,5,7-17H2,1-2H3/b6-4-/t18-,19-,21-,22?/m1/s1. The van der Waals surface area contributed by atoms with Gasteiger partial charge in [0.2, 0.25) is 0 Å². The third kappa shape index (κ3) is 6.65. The van der Waals surface area contributed by atoms with Crippen LogP contribution in [0.2, 0.25) is 0 Å². The third-order valence-corrected chi connectivity index (χ3v) is 7.19. The molecule has 2 fully saturated rings. The van der Waals surface area contributed by atoms with Crippen molar-refractivity contribution in [3.05, 3.63) is 12.2 Å². The van der Waals surface area contributed by atoms with E-state index >= 15 is 0 Å². The first-order valence-corrected chi connectivity index (χ1v) is 11.5. The maximum atomic E-state index is 12.3. The van der Waals surface area contributed by atoms with E-state index in [2.05, 4.69) is 11.7 Å². The SMILES string of the molecule is CCCC1(C(O)CCC[C@H]2[C@H](O)CC(=O)[C@@H]2C/C=C\CCCC(=O)OC)CCC1. The Morgan fingerprint density at radius 3 is 2.69 bits per heavy atom. The summed E-state index contributed by atoms with van der Waals surface area (Å²) in [5.41, 5.74) is 0.130. The lowest BCUT2D eigenvalue weighted by molar-refractivity contribution is -0.140. The number of aliphatic hydroxyl groups excluding tert-OH is 2. The molecule has 2 aliphatic carbocycles. The molecule has 2 aliphatic rings. The number of carbonyl (C=O) groups is 2. The van der Waals surface area contributed by atoms with Gasteiger partial charge in [0.1, 0.15) is 5.78 Å². The number of hydrogen-bond donors (Lipinski definition) is 2. The van der Waals surface area contributed by atoms with Crippen molar-refractivity contribution in [1.29, 1.82) is 0 Å². The fraction of sp³-hybridized carbons (Fsp3) is 0.833. The van der Waals surface area contributed by atoms with Gasteiger partial charge in [-0.1, -0.05) is 38.3 Å². The first-order chi connectivity index (χ1) is 13.9. The molecule has 0 aliphatic heterocycles. The first kappa shape index (κ1) is 24.1. The van der Waals surface area contributed by atoms with Crippen molar-refractivity contribution in [3.63, 3.8) is 0 Å². The average molecular weight is 409 g/mol. The molecule has 2 rings (SSSR count). The smallest absolute Gasteiger partial charge is 0.305 e. The number of aliphatic hydroxyl groups is 2. The highest BCUT2D eigenvalue weighted by Gasteiger charge is 2.43. The number of carbonyl (C=O) groups excluding carboxylic acids is 2. The van der Waals surface area contributed by atoms with E-state index in [0.717, 1.165) is 57.8 Å². The van der Waals surface area contributed by atoms with Gasteiger partial charge in [-0.25, -0.2) is 0 Å². The van der Waals surface area contributed by atoms with Crippen LogP contribution in [0.3, 0.4) is 0 Å². The highest BCUT2D eigenvalue weighted by molar-refractivity contribution is 5.84. The highest BCUT2D eigenvalue weighted by Crippen LogP contribution is 2.49. The molecule has 0 aromatic rings. The zero-order chi connectivity index (χ0) is 21.3. The Balaban J connectivity index is 1.75. The summed E-state index contributed by atoms with van der Waals surface area (Å²) in [6.45, 7) is 2.18. The summed E-state index contributed by atoms with van der Waals surface area (Å²) in [6.07, 6.45) is 14.2. The summed E-state index contributed by atoms with van der Waals surface area (Å²) in [5.74, 6) is -0.161. The van der Waals surface area contributed by atoms with E-state index in [9.17, 15) is 19.8 Å². The molecule has 5 heteroatoms. The van der Waals surface area contributed by atoms with Crippen LogP contribution in [0.15, 0.2) is 12.2 Å². The molecule has 166 valence electrons. The van der Waals surface area contributed by atoms with Crippen molar-refractivity contribution in [3.8, 4) is 0 Å². The number of ether oxygens (including phenoxy) is 1. The first-order valence-electron chi connectivity index (χ1n) is 11.5. The van der Waals surface area contributed by atoms with E-state index in [-0.39, 0.29) is 41.5 Å². The van der Waals surface area contributed by atoms with Crippen LogP contribution in [-0.4, -0.2) is 41.3 Å². The molecular weight excluding hydrogens is 368 g/mol.